The van der Waals surface area contributed by atoms with Gasteiger partial charge in [0.25, 0.3) is 0 Å². The minimum atomic E-state index is 0.906. The third kappa shape index (κ3) is 3.93. The fourth-order valence-electron chi connectivity index (χ4n) is 3.17. The molecule has 1 N–H and O–H groups in total. The van der Waals surface area contributed by atoms with Crippen LogP contribution in [0.15, 0.2) is 12.2 Å². The van der Waals surface area contributed by atoms with Gasteiger partial charge >= 0.3 is 0 Å². The summed E-state index contributed by atoms with van der Waals surface area (Å²) >= 11 is 0. The summed E-state index contributed by atoms with van der Waals surface area (Å²) < 4.78 is 0. The highest BCUT2D eigenvalue weighted by Gasteiger charge is 2.29. The third-order valence-electron chi connectivity index (χ3n) is 4.27. The molecule has 0 aromatic carbocycles. The molecule has 16 heavy (non-hydrogen) atoms. The van der Waals surface area contributed by atoms with Gasteiger partial charge in [-0.25, -0.2) is 0 Å². The Bertz CT molecular complexity index is 205. The third-order valence-corrected chi connectivity index (χ3v) is 4.27. The van der Waals surface area contributed by atoms with Gasteiger partial charge in [0, 0.05) is 0 Å². The second-order valence-electron chi connectivity index (χ2n) is 5.49. The molecule has 2 unspecified atom stereocenters. The Morgan fingerprint density at radius 3 is 2.62 bits per heavy atom. The molecular formula is C15H29N. The highest BCUT2D eigenvalue weighted by molar-refractivity contribution is 4.91. The first-order chi connectivity index (χ1) is 7.69. The summed E-state index contributed by atoms with van der Waals surface area (Å²) in [6.45, 7) is 13.3. The molecule has 0 bridgehead atoms. The van der Waals surface area contributed by atoms with Crippen molar-refractivity contribution in [3.63, 3.8) is 0 Å². The van der Waals surface area contributed by atoms with E-state index < -0.39 is 0 Å². The van der Waals surface area contributed by atoms with Crippen LogP contribution in [0.1, 0.15) is 52.9 Å². The molecular weight excluding hydrogens is 194 g/mol. The van der Waals surface area contributed by atoms with Crippen molar-refractivity contribution in [2.24, 2.45) is 17.8 Å². The van der Waals surface area contributed by atoms with Crippen LogP contribution in [0.3, 0.4) is 0 Å². The van der Waals surface area contributed by atoms with E-state index in [1.165, 1.54) is 50.8 Å². The first-order valence-electron chi connectivity index (χ1n) is 7.04. The van der Waals surface area contributed by atoms with Gasteiger partial charge in [-0.1, -0.05) is 32.3 Å². The molecule has 0 spiro atoms. The summed E-state index contributed by atoms with van der Waals surface area (Å²) in [6.07, 6.45) is 6.63. The maximum absolute atomic E-state index is 4.03. The first-order valence-corrected chi connectivity index (χ1v) is 7.04. The molecule has 1 fully saturated rings. The lowest BCUT2D eigenvalue weighted by molar-refractivity contribution is 0.159. The molecule has 2 atom stereocenters. The molecule has 1 aliphatic rings. The van der Waals surface area contributed by atoms with Gasteiger partial charge in [-0.15, -0.1) is 6.58 Å². The lowest BCUT2D eigenvalue weighted by atomic mass is 9.73. The zero-order chi connectivity index (χ0) is 12.0. The van der Waals surface area contributed by atoms with E-state index in [0.29, 0.717) is 0 Å². The Morgan fingerprint density at radius 1 is 1.38 bits per heavy atom. The summed E-state index contributed by atoms with van der Waals surface area (Å²) in [5.74, 6) is 2.76. The van der Waals surface area contributed by atoms with Crippen LogP contribution in [0.5, 0.6) is 0 Å². The van der Waals surface area contributed by atoms with Gasteiger partial charge in [0.05, 0.1) is 0 Å². The summed E-state index contributed by atoms with van der Waals surface area (Å²) in [5.41, 5.74) is 1.35. The van der Waals surface area contributed by atoms with E-state index in [2.05, 4.69) is 32.7 Å². The van der Waals surface area contributed by atoms with Crippen LogP contribution in [0, 0.1) is 17.8 Å². The highest BCUT2D eigenvalue weighted by atomic mass is 14.9. The summed E-state index contributed by atoms with van der Waals surface area (Å²) in [7, 11) is 0. The minimum absolute atomic E-state index is 0.906. The molecule has 1 rings (SSSR count). The van der Waals surface area contributed by atoms with Gasteiger partial charge in [0.15, 0.2) is 0 Å². The smallest absolute Gasteiger partial charge is 0.00152 e. The zero-order valence-corrected chi connectivity index (χ0v) is 11.4. The molecule has 1 heterocycles. The highest BCUT2D eigenvalue weighted by Crippen LogP contribution is 2.33. The predicted molar refractivity (Wildman–Crippen MR) is 72.6 cm³/mol. The summed E-state index contributed by atoms with van der Waals surface area (Å²) in [4.78, 5) is 0. The fraction of sp³-hybridized carbons (Fsp3) is 0.867. The molecule has 0 aromatic rings. The van der Waals surface area contributed by atoms with Crippen LogP contribution in [0.4, 0.5) is 0 Å². The van der Waals surface area contributed by atoms with Crippen molar-refractivity contribution in [1.82, 2.24) is 5.32 Å². The lowest BCUT2D eigenvalue weighted by Gasteiger charge is -2.37. The van der Waals surface area contributed by atoms with Crippen molar-refractivity contribution in [2.45, 2.75) is 52.9 Å². The molecule has 0 aliphatic carbocycles. The lowest BCUT2D eigenvalue weighted by Crippen LogP contribution is -2.40. The van der Waals surface area contributed by atoms with Gasteiger partial charge < -0.3 is 5.32 Å². The Labute approximate surface area is 102 Å². The van der Waals surface area contributed by atoms with Crippen molar-refractivity contribution >= 4 is 0 Å². The number of nitrogens with one attached hydrogen (secondary N) is 1. The van der Waals surface area contributed by atoms with E-state index in [0.717, 1.165) is 17.8 Å². The van der Waals surface area contributed by atoms with E-state index in [4.69, 9.17) is 0 Å². The number of allylic oxidation sites excluding steroid dienone is 1. The minimum Gasteiger partial charge on any atom is -0.316 e. The molecule has 94 valence electrons. The van der Waals surface area contributed by atoms with E-state index >= 15 is 0 Å². The Morgan fingerprint density at radius 2 is 2.06 bits per heavy atom. The average Bonchev–Trinajstić information content (AvgIpc) is 2.29. The van der Waals surface area contributed by atoms with Crippen molar-refractivity contribution in [1.29, 1.82) is 0 Å². The monoisotopic (exact) mass is 223 g/mol. The summed E-state index contributed by atoms with van der Waals surface area (Å²) in [5, 5.41) is 3.58. The summed E-state index contributed by atoms with van der Waals surface area (Å²) in [6, 6.07) is 0. The molecule has 1 nitrogen and oxygen atoms in total. The quantitative estimate of drug-likeness (QED) is 0.671. The molecule has 0 radical (unpaired) electrons. The van der Waals surface area contributed by atoms with Crippen LogP contribution < -0.4 is 5.32 Å². The van der Waals surface area contributed by atoms with Crippen LogP contribution in [0.2, 0.25) is 0 Å². The van der Waals surface area contributed by atoms with Crippen LogP contribution in [0.25, 0.3) is 0 Å². The molecule has 1 saturated heterocycles. The van der Waals surface area contributed by atoms with Gasteiger partial charge in [-0.3, -0.25) is 0 Å². The van der Waals surface area contributed by atoms with E-state index in [1.807, 2.05) is 0 Å². The van der Waals surface area contributed by atoms with Crippen molar-refractivity contribution in [3.8, 4) is 0 Å². The molecule has 1 aliphatic heterocycles. The van der Waals surface area contributed by atoms with Crippen molar-refractivity contribution in [3.05, 3.63) is 12.2 Å². The maximum Gasteiger partial charge on any atom is -0.00152 e. The molecule has 1 heteroatoms. The maximum atomic E-state index is 4.03. The van der Waals surface area contributed by atoms with Crippen LogP contribution in [-0.4, -0.2) is 13.1 Å². The fourth-order valence-corrected chi connectivity index (χ4v) is 3.17. The molecule has 0 amide bonds. The SMILES string of the molecule is C=C(C)CCC1CCNCC1C(CC)CC. The van der Waals surface area contributed by atoms with Crippen LogP contribution >= 0.6 is 0 Å². The largest absolute Gasteiger partial charge is 0.316 e. The Kier molecular flexibility index (Phi) is 6.12. The van der Waals surface area contributed by atoms with E-state index in [9.17, 15) is 0 Å². The zero-order valence-electron chi connectivity index (χ0n) is 11.4. The first kappa shape index (κ1) is 13.8. The van der Waals surface area contributed by atoms with Gasteiger partial charge in [0.1, 0.15) is 0 Å². The van der Waals surface area contributed by atoms with Crippen molar-refractivity contribution in [2.75, 3.05) is 13.1 Å². The Hall–Kier alpha value is -0.300. The topological polar surface area (TPSA) is 12.0 Å². The number of piperidine rings is 1. The average molecular weight is 223 g/mol. The van der Waals surface area contributed by atoms with E-state index in [-0.39, 0.29) is 0 Å². The second kappa shape index (κ2) is 7.11. The predicted octanol–water partition coefficient (Wildman–Crippen LogP) is 4.00. The Balaban J connectivity index is 2.52. The van der Waals surface area contributed by atoms with Gasteiger partial charge in [0.2, 0.25) is 0 Å². The molecule has 0 saturated carbocycles. The van der Waals surface area contributed by atoms with E-state index in [1.54, 1.807) is 0 Å². The van der Waals surface area contributed by atoms with Gasteiger partial charge in [-0.05, 0) is 57.0 Å². The standard InChI is InChI=1S/C15H29N/c1-5-13(6-2)15-11-16-10-9-14(15)8-7-12(3)4/h13-16H,3,5-11H2,1-2,4H3. The number of hydrogen-bond donors (Lipinski definition) is 1. The normalized spacial score (nSPS) is 26.0. The number of rotatable bonds is 6. The number of hydrogen-bond acceptors (Lipinski definition) is 1. The molecule has 0 aromatic heterocycles. The van der Waals surface area contributed by atoms with Gasteiger partial charge in [-0.2, -0.15) is 0 Å². The van der Waals surface area contributed by atoms with Crippen LogP contribution in [-0.2, 0) is 0 Å². The van der Waals surface area contributed by atoms with Crippen molar-refractivity contribution < 1.29 is 0 Å². The second-order valence-corrected chi connectivity index (χ2v) is 5.49.